The second-order valence-electron chi connectivity index (χ2n) is 8.09. The number of thiazole rings is 1. The van der Waals surface area contributed by atoms with Crippen molar-refractivity contribution in [3.05, 3.63) is 70.4 Å². The first-order chi connectivity index (χ1) is 15.7. The molecular formula is C24H22N6OS. The molecule has 0 radical (unpaired) electrons. The van der Waals surface area contributed by atoms with Crippen LogP contribution < -0.4 is 5.32 Å². The van der Waals surface area contributed by atoms with Gasteiger partial charge in [-0.05, 0) is 44.2 Å². The molecule has 0 bridgehead atoms. The standard InChI is InChI=1S/C24H22N6OS/c25-13-16-8-10-18(11-9-16)21-15-30(29-28-21)14-17-4-3-5-19(12-17)23(31)27-24-26-20-6-1-2-7-22(20)32-24/h3,5,8-12,15,17H,1-2,4,6-7,14H2,(H,26,27,31). The van der Waals surface area contributed by atoms with Crippen LogP contribution in [0.4, 0.5) is 5.13 Å². The lowest BCUT2D eigenvalue weighted by Crippen LogP contribution is -2.18. The Labute approximate surface area is 190 Å². The maximum atomic E-state index is 12.8. The van der Waals surface area contributed by atoms with E-state index in [9.17, 15) is 4.79 Å². The van der Waals surface area contributed by atoms with Crippen LogP contribution >= 0.6 is 11.3 Å². The van der Waals surface area contributed by atoms with Crippen LogP contribution in [0.5, 0.6) is 0 Å². The molecule has 1 N–H and O–H groups in total. The predicted octanol–water partition coefficient (Wildman–Crippen LogP) is 4.29. The van der Waals surface area contributed by atoms with E-state index in [0.29, 0.717) is 22.8 Å². The minimum absolute atomic E-state index is 0.117. The average molecular weight is 443 g/mol. The average Bonchev–Trinajstić information content (AvgIpc) is 3.46. The normalized spacial score (nSPS) is 17.3. The first-order valence-electron chi connectivity index (χ1n) is 10.8. The highest BCUT2D eigenvalue weighted by Gasteiger charge is 2.19. The van der Waals surface area contributed by atoms with Crippen LogP contribution in [-0.4, -0.2) is 25.9 Å². The molecule has 0 spiro atoms. The number of hydrogen-bond acceptors (Lipinski definition) is 6. The molecule has 1 unspecified atom stereocenters. The minimum Gasteiger partial charge on any atom is -0.298 e. The van der Waals surface area contributed by atoms with E-state index in [2.05, 4.69) is 26.7 Å². The van der Waals surface area contributed by atoms with Crippen molar-refractivity contribution in [2.75, 3.05) is 5.32 Å². The molecule has 0 fully saturated rings. The van der Waals surface area contributed by atoms with Gasteiger partial charge in [0.2, 0.25) is 0 Å². The second kappa shape index (κ2) is 8.89. The van der Waals surface area contributed by atoms with Gasteiger partial charge in [0, 0.05) is 28.5 Å². The van der Waals surface area contributed by atoms with Crippen molar-refractivity contribution in [1.82, 2.24) is 20.0 Å². The Kier molecular flexibility index (Phi) is 5.65. The molecule has 2 aliphatic rings. The van der Waals surface area contributed by atoms with Gasteiger partial charge in [0.25, 0.3) is 5.91 Å². The quantitative estimate of drug-likeness (QED) is 0.636. The molecule has 2 aliphatic carbocycles. The largest absolute Gasteiger partial charge is 0.298 e. The molecule has 0 saturated carbocycles. The Bertz CT molecular complexity index is 1220. The number of aromatic nitrogens is 4. The van der Waals surface area contributed by atoms with Gasteiger partial charge in [-0.3, -0.25) is 14.8 Å². The van der Waals surface area contributed by atoms with Crippen LogP contribution in [0.2, 0.25) is 0 Å². The van der Waals surface area contributed by atoms with Crippen LogP contribution in [-0.2, 0) is 24.2 Å². The number of rotatable bonds is 5. The van der Waals surface area contributed by atoms with E-state index in [0.717, 1.165) is 36.2 Å². The number of nitrogens with zero attached hydrogens (tertiary/aromatic N) is 5. The summed E-state index contributed by atoms with van der Waals surface area (Å²) >= 11 is 1.60. The van der Waals surface area contributed by atoms with E-state index >= 15 is 0 Å². The lowest BCUT2D eigenvalue weighted by atomic mass is 9.96. The monoisotopic (exact) mass is 442 g/mol. The van der Waals surface area contributed by atoms with E-state index in [1.54, 1.807) is 28.2 Å². The third-order valence-electron chi connectivity index (χ3n) is 5.75. The van der Waals surface area contributed by atoms with Gasteiger partial charge in [-0.15, -0.1) is 16.4 Å². The van der Waals surface area contributed by atoms with Gasteiger partial charge >= 0.3 is 0 Å². The number of nitriles is 1. The predicted molar refractivity (Wildman–Crippen MR) is 123 cm³/mol. The van der Waals surface area contributed by atoms with E-state index in [1.807, 2.05) is 36.6 Å². The maximum absolute atomic E-state index is 12.8. The molecule has 1 aromatic carbocycles. The summed E-state index contributed by atoms with van der Waals surface area (Å²) < 4.78 is 1.80. The Morgan fingerprint density at radius 3 is 2.91 bits per heavy atom. The molecule has 32 heavy (non-hydrogen) atoms. The summed E-state index contributed by atoms with van der Waals surface area (Å²) in [6.45, 7) is 0.635. The summed E-state index contributed by atoms with van der Waals surface area (Å²) in [5.41, 5.74) is 4.09. The van der Waals surface area contributed by atoms with Crippen LogP contribution in [0.1, 0.15) is 35.4 Å². The molecule has 0 aliphatic heterocycles. The number of anilines is 1. The summed E-state index contributed by atoms with van der Waals surface area (Å²) in [4.78, 5) is 18.7. The highest BCUT2D eigenvalue weighted by molar-refractivity contribution is 7.15. The number of amides is 1. The molecule has 8 heteroatoms. The number of allylic oxidation sites excluding steroid dienone is 2. The van der Waals surface area contributed by atoms with Crippen LogP contribution in [0.25, 0.3) is 11.3 Å². The number of fused-ring (bicyclic) bond motifs is 1. The molecule has 7 nitrogen and oxygen atoms in total. The Hall–Kier alpha value is -3.57. The molecule has 5 rings (SSSR count). The van der Waals surface area contributed by atoms with Crippen molar-refractivity contribution < 1.29 is 4.79 Å². The minimum atomic E-state index is -0.117. The number of nitrogens with one attached hydrogen (secondary N) is 1. The summed E-state index contributed by atoms with van der Waals surface area (Å²) in [5, 5.41) is 21.1. The smallest absolute Gasteiger partial charge is 0.257 e. The van der Waals surface area contributed by atoms with Gasteiger partial charge in [0.1, 0.15) is 5.69 Å². The molecule has 160 valence electrons. The zero-order valence-electron chi connectivity index (χ0n) is 17.5. The van der Waals surface area contributed by atoms with Crippen molar-refractivity contribution in [2.24, 2.45) is 5.92 Å². The number of hydrogen-bond donors (Lipinski definition) is 1. The van der Waals surface area contributed by atoms with E-state index in [-0.39, 0.29) is 11.8 Å². The fraction of sp³-hybridized carbons (Fsp3) is 0.292. The van der Waals surface area contributed by atoms with Crippen molar-refractivity contribution in [3.8, 4) is 17.3 Å². The van der Waals surface area contributed by atoms with Crippen molar-refractivity contribution >= 4 is 22.4 Å². The van der Waals surface area contributed by atoms with Gasteiger partial charge < -0.3 is 0 Å². The Morgan fingerprint density at radius 2 is 2.09 bits per heavy atom. The summed E-state index contributed by atoms with van der Waals surface area (Å²) in [6, 6.07) is 9.40. The second-order valence-corrected chi connectivity index (χ2v) is 9.17. The van der Waals surface area contributed by atoms with Crippen molar-refractivity contribution in [2.45, 2.75) is 38.6 Å². The molecule has 2 heterocycles. The van der Waals surface area contributed by atoms with Crippen LogP contribution in [0.15, 0.2) is 54.3 Å². The van der Waals surface area contributed by atoms with Crippen molar-refractivity contribution in [1.29, 1.82) is 5.26 Å². The molecule has 1 amide bonds. The van der Waals surface area contributed by atoms with E-state index in [4.69, 9.17) is 5.26 Å². The summed E-state index contributed by atoms with van der Waals surface area (Å²) in [7, 11) is 0. The lowest BCUT2D eigenvalue weighted by molar-refractivity contribution is -0.112. The number of carbonyl (C=O) groups is 1. The highest BCUT2D eigenvalue weighted by Crippen LogP contribution is 2.30. The first kappa shape index (κ1) is 20.3. The van der Waals surface area contributed by atoms with Crippen LogP contribution in [0, 0.1) is 17.2 Å². The maximum Gasteiger partial charge on any atom is 0.257 e. The third-order valence-corrected chi connectivity index (χ3v) is 6.82. The fourth-order valence-electron chi connectivity index (χ4n) is 4.08. The van der Waals surface area contributed by atoms with Gasteiger partial charge in [0.15, 0.2) is 5.13 Å². The number of aryl methyl sites for hydroxylation is 2. The number of benzene rings is 1. The van der Waals surface area contributed by atoms with Crippen LogP contribution in [0.3, 0.4) is 0 Å². The molecular weight excluding hydrogens is 420 g/mol. The highest BCUT2D eigenvalue weighted by atomic mass is 32.1. The van der Waals surface area contributed by atoms with Gasteiger partial charge in [-0.2, -0.15) is 5.26 Å². The van der Waals surface area contributed by atoms with Gasteiger partial charge in [0.05, 0.1) is 23.5 Å². The molecule has 3 aromatic rings. The molecule has 0 saturated heterocycles. The zero-order chi connectivity index (χ0) is 21.9. The molecule has 2 aromatic heterocycles. The summed E-state index contributed by atoms with van der Waals surface area (Å²) in [6.07, 6.45) is 13.1. The van der Waals surface area contributed by atoms with Gasteiger partial charge in [-0.1, -0.05) is 35.6 Å². The van der Waals surface area contributed by atoms with E-state index < -0.39 is 0 Å². The number of carbonyl (C=O) groups excluding carboxylic acids is 1. The Morgan fingerprint density at radius 1 is 1.25 bits per heavy atom. The lowest BCUT2D eigenvalue weighted by Gasteiger charge is -2.16. The van der Waals surface area contributed by atoms with Gasteiger partial charge in [-0.25, -0.2) is 4.98 Å². The van der Waals surface area contributed by atoms with E-state index in [1.165, 1.54) is 17.7 Å². The Balaban J connectivity index is 1.24. The summed E-state index contributed by atoms with van der Waals surface area (Å²) in [5.74, 6) is 0.0367. The van der Waals surface area contributed by atoms with Crippen molar-refractivity contribution in [3.63, 3.8) is 0 Å². The third kappa shape index (κ3) is 4.39. The topological polar surface area (TPSA) is 96.5 Å². The molecule has 1 atom stereocenters. The fourth-order valence-corrected chi connectivity index (χ4v) is 5.12. The first-order valence-corrected chi connectivity index (χ1v) is 11.6. The zero-order valence-corrected chi connectivity index (χ0v) is 18.3. The SMILES string of the molecule is N#Cc1ccc(-c2cn(CC3C=C(C(=O)Nc4nc5c(s4)CCCC5)C=CC3)nn2)cc1.